The lowest BCUT2D eigenvalue weighted by molar-refractivity contribution is 0.0920. The van der Waals surface area contributed by atoms with E-state index < -0.39 is 0 Å². The Kier molecular flexibility index (Phi) is 5.97. The number of aryl methyl sites for hydroxylation is 2. The molecule has 0 aliphatic carbocycles. The van der Waals surface area contributed by atoms with Gasteiger partial charge >= 0.3 is 0 Å². The Balaban J connectivity index is 1.60. The smallest absolute Gasteiger partial charge is 0.287 e. The van der Waals surface area contributed by atoms with Crippen molar-refractivity contribution >= 4 is 5.91 Å². The molecule has 3 rings (SSSR count). The fourth-order valence-electron chi connectivity index (χ4n) is 3.05. The van der Waals surface area contributed by atoms with Gasteiger partial charge < -0.3 is 14.5 Å². The lowest BCUT2D eigenvalue weighted by Crippen LogP contribution is -2.28. The first-order valence-corrected chi connectivity index (χ1v) is 9.14. The van der Waals surface area contributed by atoms with Gasteiger partial charge in [-0.2, -0.15) is 0 Å². The van der Waals surface area contributed by atoms with Crippen molar-refractivity contribution in [2.24, 2.45) is 0 Å². The molecule has 1 amide bonds. The molecule has 4 heteroatoms. The quantitative estimate of drug-likeness (QED) is 0.642. The zero-order valence-corrected chi connectivity index (χ0v) is 16.0. The monoisotopic (exact) mass is 363 g/mol. The minimum Gasteiger partial charge on any atom is -0.489 e. The Morgan fingerprint density at radius 3 is 2.67 bits per heavy atom. The van der Waals surface area contributed by atoms with Crippen LogP contribution in [0.25, 0.3) is 0 Å². The van der Waals surface area contributed by atoms with Crippen molar-refractivity contribution in [3.8, 4) is 5.75 Å². The number of nitrogens with one attached hydrogen (secondary N) is 1. The lowest BCUT2D eigenvalue weighted by atomic mass is 9.94. The molecule has 4 nitrogen and oxygen atoms in total. The zero-order valence-electron chi connectivity index (χ0n) is 16.0. The van der Waals surface area contributed by atoms with E-state index in [9.17, 15) is 4.79 Å². The van der Waals surface area contributed by atoms with Crippen LogP contribution in [0.2, 0.25) is 0 Å². The molecule has 2 aromatic carbocycles. The number of para-hydroxylation sites is 1. The van der Waals surface area contributed by atoms with Crippen molar-refractivity contribution in [3.63, 3.8) is 0 Å². The van der Waals surface area contributed by atoms with Gasteiger partial charge in [-0.05, 0) is 49.1 Å². The van der Waals surface area contributed by atoms with E-state index in [0.717, 1.165) is 11.3 Å². The van der Waals surface area contributed by atoms with Gasteiger partial charge in [-0.15, -0.1) is 0 Å². The molecule has 1 aromatic heterocycles. The van der Waals surface area contributed by atoms with Crippen molar-refractivity contribution < 1.29 is 13.9 Å². The van der Waals surface area contributed by atoms with E-state index in [4.69, 9.17) is 9.15 Å². The Morgan fingerprint density at radius 1 is 1.11 bits per heavy atom. The van der Waals surface area contributed by atoms with Crippen LogP contribution in [0.1, 0.15) is 45.7 Å². The molecule has 140 valence electrons. The second-order valence-electron chi connectivity index (χ2n) is 6.85. The van der Waals surface area contributed by atoms with Crippen molar-refractivity contribution in [2.45, 2.75) is 33.3 Å². The predicted octanol–water partition coefficient (Wildman–Crippen LogP) is 5.01. The Morgan fingerprint density at radius 2 is 1.89 bits per heavy atom. The van der Waals surface area contributed by atoms with E-state index in [2.05, 4.69) is 44.3 Å². The van der Waals surface area contributed by atoms with Crippen LogP contribution < -0.4 is 10.1 Å². The summed E-state index contributed by atoms with van der Waals surface area (Å²) in [6.07, 6.45) is 1.52. The average Bonchev–Trinajstić information content (AvgIpc) is 3.15. The van der Waals surface area contributed by atoms with Crippen molar-refractivity contribution in [2.75, 3.05) is 6.54 Å². The second kappa shape index (κ2) is 8.58. The molecular formula is C23H25NO3. The molecule has 0 saturated carbocycles. The molecule has 0 fully saturated rings. The van der Waals surface area contributed by atoms with Crippen molar-refractivity contribution in [3.05, 3.63) is 88.9 Å². The van der Waals surface area contributed by atoms with Gasteiger partial charge in [0.2, 0.25) is 0 Å². The average molecular weight is 363 g/mol. The highest BCUT2D eigenvalue weighted by Gasteiger charge is 2.17. The molecule has 0 aliphatic rings. The number of amides is 1. The molecule has 0 spiro atoms. The van der Waals surface area contributed by atoms with Crippen LogP contribution in [0.4, 0.5) is 0 Å². The zero-order chi connectivity index (χ0) is 19.2. The first-order chi connectivity index (χ1) is 13.0. The Bertz CT molecular complexity index is 899. The highest BCUT2D eigenvalue weighted by atomic mass is 16.5. The van der Waals surface area contributed by atoms with E-state index in [1.54, 1.807) is 6.07 Å². The minimum absolute atomic E-state index is 0.216. The van der Waals surface area contributed by atoms with E-state index in [-0.39, 0.29) is 18.4 Å². The van der Waals surface area contributed by atoms with Gasteiger partial charge in [0.05, 0.1) is 6.26 Å². The van der Waals surface area contributed by atoms with Gasteiger partial charge in [0, 0.05) is 12.1 Å². The van der Waals surface area contributed by atoms with Crippen LogP contribution >= 0.6 is 0 Å². The summed E-state index contributed by atoms with van der Waals surface area (Å²) < 4.78 is 11.1. The summed E-state index contributed by atoms with van der Waals surface area (Å²) in [5.41, 5.74) is 4.44. The first-order valence-electron chi connectivity index (χ1n) is 9.14. The minimum atomic E-state index is -0.219. The number of rotatable bonds is 7. The van der Waals surface area contributed by atoms with Crippen LogP contribution in [-0.2, 0) is 6.61 Å². The maximum atomic E-state index is 12.6. The summed E-state index contributed by atoms with van der Waals surface area (Å²) in [6.45, 7) is 7.12. The van der Waals surface area contributed by atoms with Gasteiger partial charge in [-0.3, -0.25) is 4.79 Å². The highest BCUT2D eigenvalue weighted by molar-refractivity contribution is 5.92. The molecule has 0 radical (unpaired) electrons. The van der Waals surface area contributed by atoms with Crippen LogP contribution in [0, 0.1) is 13.8 Å². The Hall–Kier alpha value is -3.01. The van der Waals surface area contributed by atoms with Crippen LogP contribution in [0.3, 0.4) is 0 Å². The fourth-order valence-corrected chi connectivity index (χ4v) is 3.05. The fraction of sp³-hybridized carbons (Fsp3) is 0.261. The van der Waals surface area contributed by atoms with Gasteiger partial charge in [-0.25, -0.2) is 0 Å². The summed E-state index contributed by atoms with van der Waals surface area (Å²) in [5, 5.41) is 2.98. The van der Waals surface area contributed by atoms with E-state index in [0.29, 0.717) is 12.3 Å². The number of carbonyl (C=O) groups excluding carboxylic acids is 1. The standard InChI is InChI=1S/C23H25NO3/c1-16-9-10-17(2)21(13-16)18(3)14-24-23(25)22-19(11-12-26-22)15-27-20-7-5-4-6-8-20/h4-13,18H,14-15H2,1-3H3,(H,24,25)/t18-/m1/s1. The van der Waals surface area contributed by atoms with Gasteiger partial charge in [0.15, 0.2) is 5.76 Å². The molecule has 0 bridgehead atoms. The molecule has 0 unspecified atom stereocenters. The number of ether oxygens (including phenoxy) is 1. The maximum absolute atomic E-state index is 12.6. The molecule has 0 saturated heterocycles. The molecule has 1 atom stereocenters. The van der Waals surface area contributed by atoms with E-state index in [1.807, 2.05) is 30.3 Å². The van der Waals surface area contributed by atoms with Gasteiger partial charge in [0.1, 0.15) is 12.4 Å². The topological polar surface area (TPSA) is 51.5 Å². The summed E-state index contributed by atoms with van der Waals surface area (Å²) in [6, 6.07) is 17.7. The molecule has 1 heterocycles. The van der Waals surface area contributed by atoms with Crippen LogP contribution in [0.15, 0.2) is 65.3 Å². The number of benzene rings is 2. The number of hydrogen-bond acceptors (Lipinski definition) is 3. The first kappa shape index (κ1) is 18.8. The third-order valence-corrected chi connectivity index (χ3v) is 4.63. The largest absolute Gasteiger partial charge is 0.489 e. The molecule has 0 aliphatic heterocycles. The lowest BCUT2D eigenvalue weighted by Gasteiger charge is -2.16. The normalized spacial score (nSPS) is 11.8. The SMILES string of the molecule is Cc1ccc(C)c([C@H](C)CNC(=O)c2occc2COc2ccccc2)c1. The number of hydrogen-bond donors (Lipinski definition) is 1. The summed E-state index contributed by atoms with van der Waals surface area (Å²) in [7, 11) is 0. The Labute approximate surface area is 160 Å². The van der Waals surface area contributed by atoms with Crippen LogP contribution in [-0.4, -0.2) is 12.5 Å². The van der Waals surface area contributed by atoms with Crippen molar-refractivity contribution in [1.82, 2.24) is 5.32 Å². The van der Waals surface area contributed by atoms with Crippen LogP contribution in [0.5, 0.6) is 5.75 Å². The van der Waals surface area contributed by atoms with E-state index >= 15 is 0 Å². The molecule has 27 heavy (non-hydrogen) atoms. The number of carbonyl (C=O) groups is 1. The van der Waals surface area contributed by atoms with Gasteiger partial charge in [0.25, 0.3) is 5.91 Å². The summed E-state index contributed by atoms with van der Waals surface area (Å²) >= 11 is 0. The summed E-state index contributed by atoms with van der Waals surface area (Å²) in [4.78, 5) is 12.6. The second-order valence-corrected chi connectivity index (χ2v) is 6.85. The van der Waals surface area contributed by atoms with Crippen molar-refractivity contribution in [1.29, 1.82) is 0 Å². The van der Waals surface area contributed by atoms with Gasteiger partial charge in [-0.1, -0.05) is 48.9 Å². The number of furan rings is 1. The molecular weight excluding hydrogens is 338 g/mol. The van der Waals surface area contributed by atoms with E-state index in [1.165, 1.54) is 23.0 Å². The molecule has 3 aromatic rings. The maximum Gasteiger partial charge on any atom is 0.287 e. The third-order valence-electron chi connectivity index (χ3n) is 4.63. The predicted molar refractivity (Wildman–Crippen MR) is 106 cm³/mol. The highest BCUT2D eigenvalue weighted by Crippen LogP contribution is 2.21. The molecule has 1 N–H and O–H groups in total. The summed E-state index contributed by atoms with van der Waals surface area (Å²) in [5.74, 6) is 1.06. The third kappa shape index (κ3) is 4.79.